The van der Waals surface area contributed by atoms with E-state index in [9.17, 15) is 4.79 Å². The van der Waals surface area contributed by atoms with Gasteiger partial charge in [0.1, 0.15) is 5.82 Å². The molecule has 1 aliphatic rings. The Kier molecular flexibility index (Phi) is 6.88. The number of hydrogen-bond acceptors (Lipinski definition) is 5. The predicted molar refractivity (Wildman–Crippen MR) is 117 cm³/mol. The van der Waals surface area contributed by atoms with Gasteiger partial charge in [0.15, 0.2) is 0 Å². The molecule has 1 amide bonds. The van der Waals surface area contributed by atoms with Crippen LogP contribution >= 0.6 is 15.9 Å². The van der Waals surface area contributed by atoms with Crippen LogP contribution in [0.2, 0.25) is 0 Å². The van der Waals surface area contributed by atoms with Crippen molar-refractivity contribution in [2.75, 3.05) is 30.9 Å². The first kappa shape index (κ1) is 20.6. The van der Waals surface area contributed by atoms with Crippen LogP contribution in [0.25, 0.3) is 0 Å². The lowest BCUT2D eigenvalue weighted by Crippen LogP contribution is -2.34. The first-order valence-corrected chi connectivity index (χ1v) is 10.5. The Morgan fingerprint density at radius 1 is 1.21 bits per heavy atom. The second kappa shape index (κ2) is 9.37. The second-order valence-corrected chi connectivity index (χ2v) is 8.52. The predicted octanol–water partition coefficient (Wildman–Crippen LogP) is 4.01. The number of benzene rings is 1. The van der Waals surface area contributed by atoms with E-state index < -0.39 is 0 Å². The monoisotopic (exact) mass is 445 g/mol. The molecule has 0 spiro atoms. The van der Waals surface area contributed by atoms with Gasteiger partial charge in [-0.1, -0.05) is 15.9 Å². The second-order valence-electron chi connectivity index (χ2n) is 7.67. The summed E-state index contributed by atoms with van der Waals surface area (Å²) in [6.45, 7) is 2.72. The molecule has 150 valence electrons. The maximum Gasteiger partial charge on any atom is 0.251 e. The van der Waals surface area contributed by atoms with Crippen LogP contribution in [0.5, 0.6) is 0 Å². The van der Waals surface area contributed by atoms with Gasteiger partial charge in [-0.25, -0.2) is 4.98 Å². The van der Waals surface area contributed by atoms with Gasteiger partial charge in [-0.15, -0.1) is 0 Å². The molecule has 0 saturated heterocycles. The molecule has 0 unspecified atom stereocenters. The smallest absolute Gasteiger partial charge is 0.251 e. The van der Waals surface area contributed by atoms with E-state index in [1.807, 2.05) is 50.2 Å². The summed E-state index contributed by atoms with van der Waals surface area (Å²) >= 11 is 3.47. The molecule has 1 saturated carbocycles. The molecule has 2 N–H and O–H groups in total. The Bertz CT molecular complexity index is 818. The molecule has 28 heavy (non-hydrogen) atoms. The maximum absolute atomic E-state index is 12.4. The Balaban J connectivity index is 1.44. The maximum atomic E-state index is 12.4. The molecule has 1 fully saturated rings. The van der Waals surface area contributed by atoms with E-state index in [0.717, 1.165) is 48.1 Å². The summed E-state index contributed by atoms with van der Waals surface area (Å²) in [5.41, 5.74) is 1.79. The third-order valence-electron chi connectivity index (χ3n) is 5.25. The van der Waals surface area contributed by atoms with Crippen molar-refractivity contribution in [3.05, 3.63) is 46.1 Å². The zero-order valence-corrected chi connectivity index (χ0v) is 18.3. The Hall–Kier alpha value is -2.15. The molecule has 1 heterocycles. The van der Waals surface area contributed by atoms with Crippen LogP contribution in [-0.4, -0.2) is 42.6 Å². The van der Waals surface area contributed by atoms with Crippen molar-refractivity contribution in [2.24, 2.45) is 5.92 Å². The number of hydrogen-bond donors (Lipinski definition) is 2. The van der Waals surface area contributed by atoms with Crippen LogP contribution in [0.1, 0.15) is 41.6 Å². The molecule has 1 aliphatic carbocycles. The van der Waals surface area contributed by atoms with Gasteiger partial charge >= 0.3 is 0 Å². The molecular weight excluding hydrogens is 418 g/mol. The van der Waals surface area contributed by atoms with E-state index >= 15 is 0 Å². The number of aryl methyl sites for hydroxylation is 1. The minimum atomic E-state index is 0.00440. The van der Waals surface area contributed by atoms with Gasteiger partial charge < -0.3 is 15.5 Å². The summed E-state index contributed by atoms with van der Waals surface area (Å²) in [4.78, 5) is 23.2. The molecule has 0 bridgehead atoms. The lowest BCUT2D eigenvalue weighted by atomic mass is 9.86. The van der Waals surface area contributed by atoms with Crippen molar-refractivity contribution < 1.29 is 4.79 Å². The van der Waals surface area contributed by atoms with Crippen molar-refractivity contribution in [3.8, 4) is 0 Å². The minimum absolute atomic E-state index is 0.00440. The normalized spacial score (nSPS) is 19.1. The molecule has 6 nitrogen and oxygen atoms in total. The summed E-state index contributed by atoms with van der Waals surface area (Å²) in [7, 11) is 3.95. The number of aromatic nitrogens is 2. The Morgan fingerprint density at radius 2 is 1.96 bits per heavy atom. The van der Waals surface area contributed by atoms with Gasteiger partial charge in [0.05, 0.1) is 0 Å². The summed E-state index contributed by atoms with van der Waals surface area (Å²) in [6.07, 6.45) is 6.09. The average Bonchev–Trinajstić information content (AvgIpc) is 2.69. The molecule has 0 aliphatic heterocycles. The largest absolute Gasteiger partial charge is 0.363 e. The van der Waals surface area contributed by atoms with Crippen molar-refractivity contribution in [1.29, 1.82) is 0 Å². The van der Waals surface area contributed by atoms with Crippen molar-refractivity contribution >= 4 is 33.6 Å². The first-order valence-electron chi connectivity index (χ1n) is 9.73. The third-order valence-corrected chi connectivity index (χ3v) is 6.14. The highest BCUT2D eigenvalue weighted by Gasteiger charge is 2.22. The first-order chi connectivity index (χ1) is 13.4. The van der Waals surface area contributed by atoms with E-state index in [1.54, 1.807) is 6.20 Å². The highest BCUT2D eigenvalue weighted by Crippen LogP contribution is 2.26. The molecule has 2 aromatic rings. The molecule has 1 aromatic heterocycles. The molecule has 1 aromatic carbocycles. The van der Waals surface area contributed by atoms with Crippen molar-refractivity contribution in [3.63, 3.8) is 0 Å². The minimum Gasteiger partial charge on any atom is -0.363 e. The van der Waals surface area contributed by atoms with Crippen LogP contribution in [0, 0.1) is 12.8 Å². The zero-order chi connectivity index (χ0) is 20.1. The fourth-order valence-corrected chi connectivity index (χ4v) is 3.73. The highest BCUT2D eigenvalue weighted by atomic mass is 79.9. The van der Waals surface area contributed by atoms with Gasteiger partial charge in [0.2, 0.25) is 5.95 Å². The zero-order valence-electron chi connectivity index (χ0n) is 16.7. The van der Waals surface area contributed by atoms with Crippen molar-refractivity contribution in [1.82, 2.24) is 15.3 Å². The van der Waals surface area contributed by atoms with Crippen LogP contribution in [0.15, 0.2) is 34.9 Å². The SMILES string of the molecule is Cc1cc(C(=O)NCC2CCC(Nc3nccc(N(C)C)n3)CC2)ccc1Br. The topological polar surface area (TPSA) is 70.2 Å². The number of halogens is 1. The van der Waals surface area contributed by atoms with Gasteiger partial charge in [-0.3, -0.25) is 4.79 Å². The molecular formula is C21H28BrN5O. The summed E-state index contributed by atoms with van der Waals surface area (Å²) in [6, 6.07) is 7.99. The number of nitrogens with one attached hydrogen (secondary N) is 2. The molecule has 0 atom stereocenters. The van der Waals surface area contributed by atoms with Gasteiger partial charge in [-0.05, 0) is 68.4 Å². The van der Waals surface area contributed by atoms with E-state index in [-0.39, 0.29) is 5.91 Å². The summed E-state index contributed by atoms with van der Waals surface area (Å²) in [5, 5.41) is 6.55. The number of carbonyl (C=O) groups is 1. The van der Waals surface area contributed by atoms with Gasteiger partial charge in [-0.2, -0.15) is 4.98 Å². The van der Waals surface area contributed by atoms with Crippen LogP contribution < -0.4 is 15.5 Å². The van der Waals surface area contributed by atoms with Gasteiger partial charge in [0, 0.05) is 42.9 Å². The summed E-state index contributed by atoms with van der Waals surface area (Å²) < 4.78 is 1.02. The standard InChI is InChI=1S/C21H28BrN5O/c1-14-12-16(6-9-18(14)22)20(28)24-13-15-4-7-17(8-5-15)25-21-23-11-10-19(26-21)27(2)3/h6,9-12,15,17H,4-5,7-8,13H2,1-3H3,(H,24,28)(H,23,25,26). The number of nitrogens with zero attached hydrogens (tertiary/aromatic N) is 3. The van der Waals surface area contributed by atoms with E-state index in [0.29, 0.717) is 23.5 Å². The average molecular weight is 446 g/mol. The Morgan fingerprint density at radius 3 is 2.64 bits per heavy atom. The third kappa shape index (κ3) is 5.44. The number of carbonyl (C=O) groups excluding carboxylic acids is 1. The van der Waals surface area contributed by atoms with Crippen molar-refractivity contribution in [2.45, 2.75) is 38.6 Å². The number of rotatable bonds is 6. The lowest BCUT2D eigenvalue weighted by Gasteiger charge is -2.29. The highest BCUT2D eigenvalue weighted by molar-refractivity contribution is 9.10. The lowest BCUT2D eigenvalue weighted by molar-refractivity contribution is 0.0943. The van der Waals surface area contributed by atoms with Gasteiger partial charge in [0.25, 0.3) is 5.91 Å². The molecule has 0 radical (unpaired) electrons. The van der Waals surface area contributed by atoms with Crippen LogP contribution in [0.3, 0.4) is 0 Å². The van der Waals surface area contributed by atoms with E-state index in [1.165, 1.54) is 0 Å². The fourth-order valence-electron chi connectivity index (χ4n) is 3.49. The number of amides is 1. The number of anilines is 2. The fraction of sp³-hybridized carbons (Fsp3) is 0.476. The molecule has 7 heteroatoms. The van der Waals surface area contributed by atoms with E-state index in [2.05, 4.69) is 36.5 Å². The Labute approximate surface area is 175 Å². The summed E-state index contributed by atoms with van der Waals surface area (Å²) in [5.74, 6) is 2.11. The van der Waals surface area contributed by atoms with Crippen LogP contribution in [0.4, 0.5) is 11.8 Å². The molecule has 3 rings (SSSR count). The van der Waals surface area contributed by atoms with Crippen LogP contribution in [-0.2, 0) is 0 Å². The quantitative estimate of drug-likeness (QED) is 0.702. The van der Waals surface area contributed by atoms with E-state index in [4.69, 9.17) is 0 Å².